The van der Waals surface area contributed by atoms with Crippen LogP contribution < -0.4 is 10.2 Å². The fourth-order valence-electron chi connectivity index (χ4n) is 1.82. The van der Waals surface area contributed by atoms with E-state index < -0.39 is 0 Å². The Labute approximate surface area is 145 Å². The molecule has 0 bridgehead atoms. The highest BCUT2D eigenvalue weighted by molar-refractivity contribution is 9.10. The SMILES string of the molecule is CC.COc1ccc(/C=N/NC(=O)c2ccccc2C)cc1Br. The Morgan fingerprint density at radius 2 is 1.91 bits per heavy atom. The number of carbonyl (C=O) groups excluding carboxylic acids is 1. The van der Waals surface area contributed by atoms with Gasteiger partial charge in [-0.3, -0.25) is 4.79 Å². The topological polar surface area (TPSA) is 50.7 Å². The van der Waals surface area contributed by atoms with Gasteiger partial charge in [-0.2, -0.15) is 5.10 Å². The lowest BCUT2D eigenvalue weighted by Crippen LogP contribution is -2.18. The van der Waals surface area contributed by atoms with E-state index in [2.05, 4.69) is 26.5 Å². The summed E-state index contributed by atoms with van der Waals surface area (Å²) in [5.41, 5.74) is 4.91. The van der Waals surface area contributed by atoms with Gasteiger partial charge in [0.1, 0.15) is 5.75 Å². The van der Waals surface area contributed by atoms with Gasteiger partial charge in [-0.05, 0) is 58.2 Å². The molecule has 0 radical (unpaired) electrons. The van der Waals surface area contributed by atoms with Gasteiger partial charge in [0.25, 0.3) is 5.91 Å². The van der Waals surface area contributed by atoms with E-state index in [1.54, 1.807) is 19.4 Å². The summed E-state index contributed by atoms with van der Waals surface area (Å²) in [6, 6.07) is 12.9. The van der Waals surface area contributed by atoms with Crippen molar-refractivity contribution in [2.75, 3.05) is 7.11 Å². The minimum atomic E-state index is -0.225. The van der Waals surface area contributed by atoms with Crippen molar-refractivity contribution in [2.24, 2.45) is 5.10 Å². The van der Waals surface area contributed by atoms with Crippen molar-refractivity contribution in [3.63, 3.8) is 0 Å². The van der Waals surface area contributed by atoms with Gasteiger partial charge >= 0.3 is 0 Å². The van der Waals surface area contributed by atoms with Crippen LogP contribution in [0, 0.1) is 6.92 Å². The number of benzene rings is 2. The summed E-state index contributed by atoms with van der Waals surface area (Å²) in [5, 5.41) is 3.97. The van der Waals surface area contributed by atoms with Gasteiger partial charge < -0.3 is 4.74 Å². The second-order valence-electron chi connectivity index (χ2n) is 4.41. The number of rotatable bonds is 4. The van der Waals surface area contributed by atoms with Crippen LogP contribution in [0.2, 0.25) is 0 Å². The van der Waals surface area contributed by atoms with E-state index in [9.17, 15) is 4.79 Å². The maximum atomic E-state index is 12.0. The normalized spacial score (nSPS) is 9.96. The molecular weight excluding hydrogens is 356 g/mol. The highest BCUT2D eigenvalue weighted by Gasteiger charge is 2.06. The van der Waals surface area contributed by atoms with Crippen LogP contribution in [-0.4, -0.2) is 19.2 Å². The Balaban J connectivity index is 0.00000127. The van der Waals surface area contributed by atoms with Crippen LogP contribution in [0.3, 0.4) is 0 Å². The average molecular weight is 377 g/mol. The first-order valence-electron chi connectivity index (χ1n) is 7.34. The molecule has 122 valence electrons. The zero-order valence-corrected chi connectivity index (χ0v) is 15.3. The predicted octanol–water partition coefficient (Wildman–Crippen LogP) is 4.56. The fourth-order valence-corrected chi connectivity index (χ4v) is 2.37. The number of hydrazone groups is 1. The quantitative estimate of drug-likeness (QED) is 0.628. The molecule has 2 rings (SSSR count). The molecule has 23 heavy (non-hydrogen) atoms. The molecule has 2 aromatic carbocycles. The first kappa shape index (κ1) is 18.9. The molecule has 4 nitrogen and oxygen atoms in total. The van der Waals surface area contributed by atoms with Gasteiger partial charge in [-0.15, -0.1) is 0 Å². The van der Waals surface area contributed by atoms with Crippen molar-refractivity contribution in [1.29, 1.82) is 0 Å². The number of nitrogens with zero attached hydrogens (tertiary/aromatic N) is 1. The summed E-state index contributed by atoms with van der Waals surface area (Å²) in [7, 11) is 1.61. The van der Waals surface area contributed by atoms with Crippen molar-refractivity contribution in [1.82, 2.24) is 5.43 Å². The molecule has 0 saturated carbocycles. The number of amides is 1. The molecule has 1 amide bonds. The number of carbonyl (C=O) groups is 1. The molecule has 5 heteroatoms. The Morgan fingerprint density at radius 1 is 1.22 bits per heavy atom. The van der Waals surface area contributed by atoms with E-state index in [-0.39, 0.29) is 5.91 Å². The maximum Gasteiger partial charge on any atom is 0.271 e. The maximum absolute atomic E-state index is 12.0. The van der Waals surface area contributed by atoms with Crippen molar-refractivity contribution < 1.29 is 9.53 Å². The van der Waals surface area contributed by atoms with Gasteiger partial charge in [0.15, 0.2) is 0 Å². The number of aryl methyl sites for hydroxylation is 1. The summed E-state index contributed by atoms with van der Waals surface area (Å²) in [5.74, 6) is 0.521. The van der Waals surface area contributed by atoms with Gasteiger partial charge in [-0.25, -0.2) is 5.43 Å². The lowest BCUT2D eigenvalue weighted by molar-refractivity contribution is 0.0954. The standard InChI is InChI=1S/C16H15BrN2O2.C2H6/c1-11-5-3-4-6-13(11)16(20)19-18-10-12-7-8-15(21-2)14(17)9-12;1-2/h3-10H,1-2H3,(H,19,20);1-2H3/b18-10+;. The van der Waals surface area contributed by atoms with E-state index >= 15 is 0 Å². The molecule has 0 aliphatic carbocycles. The Morgan fingerprint density at radius 3 is 2.52 bits per heavy atom. The molecule has 0 fully saturated rings. The van der Waals surface area contributed by atoms with Crippen LogP contribution in [0.5, 0.6) is 5.75 Å². The van der Waals surface area contributed by atoms with Gasteiger partial charge in [0.05, 0.1) is 17.8 Å². The molecule has 0 heterocycles. The zero-order chi connectivity index (χ0) is 17.2. The second kappa shape index (κ2) is 9.79. The van der Waals surface area contributed by atoms with Crippen LogP contribution in [0.25, 0.3) is 0 Å². The lowest BCUT2D eigenvalue weighted by atomic mass is 10.1. The molecule has 0 spiro atoms. The highest BCUT2D eigenvalue weighted by atomic mass is 79.9. The lowest BCUT2D eigenvalue weighted by Gasteiger charge is -2.04. The number of nitrogens with one attached hydrogen (secondary N) is 1. The monoisotopic (exact) mass is 376 g/mol. The predicted molar refractivity (Wildman–Crippen MR) is 98.3 cm³/mol. The van der Waals surface area contributed by atoms with E-state index in [0.717, 1.165) is 21.3 Å². The second-order valence-corrected chi connectivity index (χ2v) is 5.26. The summed E-state index contributed by atoms with van der Waals surface area (Å²) in [6.07, 6.45) is 1.58. The largest absolute Gasteiger partial charge is 0.496 e. The summed E-state index contributed by atoms with van der Waals surface area (Å²) in [6.45, 7) is 5.89. The number of hydrogen-bond donors (Lipinski definition) is 1. The number of hydrogen-bond acceptors (Lipinski definition) is 3. The number of ether oxygens (including phenoxy) is 1. The Hall–Kier alpha value is -2.14. The third-order valence-corrected chi connectivity index (χ3v) is 3.56. The van der Waals surface area contributed by atoms with Crippen LogP contribution in [0.15, 0.2) is 52.0 Å². The first-order chi connectivity index (χ1) is 11.1. The van der Waals surface area contributed by atoms with Crippen LogP contribution in [0.1, 0.15) is 35.3 Å². The molecule has 0 aromatic heterocycles. The minimum absolute atomic E-state index is 0.225. The molecule has 2 aromatic rings. The molecule has 0 saturated heterocycles. The van der Waals surface area contributed by atoms with Crippen molar-refractivity contribution >= 4 is 28.1 Å². The van der Waals surface area contributed by atoms with Crippen LogP contribution in [-0.2, 0) is 0 Å². The summed E-state index contributed by atoms with van der Waals surface area (Å²) < 4.78 is 5.99. The molecule has 0 aliphatic rings. The van der Waals surface area contributed by atoms with Gasteiger partial charge in [-0.1, -0.05) is 32.0 Å². The molecule has 1 N–H and O–H groups in total. The van der Waals surface area contributed by atoms with E-state index in [1.165, 1.54) is 0 Å². The fraction of sp³-hybridized carbons (Fsp3) is 0.222. The van der Waals surface area contributed by atoms with Gasteiger partial charge in [0, 0.05) is 5.56 Å². The van der Waals surface area contributed by atoms with Crippen LogP contribution in [0.4, 0.5) is 0 Å². The third kappa shape index (κ3) is 5.53. The Kier molecular flexibility index (Phi) is 8.05. The minimum Gasteiger partial charge on any atom is -0.496 e. The first-order valence-corrected chi connectivity index (χ1v) is 8.13. The van der Waals surface area contributed by atoms with E-state index in [0.29, 0.717) is 5.56 Å². The van der Waals surface area contributed by atoms with E-state index in [4.69, 9.17) is 4.74 Å². The highest BCUT2D eigenvalue weighted by Crippen LogP contribution is 2.24. The molecule has 0 atom stereocenters. The molecule has 0 unspecified atom stereocenters. The van der Waals surface area contributed by atoms with Crippen molar-refractivity contribution in [2.45, 2.75) is 20.8 Å². The van der Waals surface area contributed by atoms with E-state index in [1.807, 2.05) is 57.2 Å². The summed E-state index contributed by atoms with van der Waals surface area (Å²) in [4.78, 5) is 12.0. The molecule has 0 aliphatic heterocycles. The van der Waals surface area contributed by atoms with Crippen molar-refractivity contribution in [3.8, 4) is 5.75 Å². The third-order valence-electron chi connectivity index (χ3n) is 2.95. The Bertz CT molecular complexity index is 684. The van der Waals surface area contributed by atoms with Gasteiger partial charge in [0.2, 0.25) is 0 Å². The van der Waals surface area contributed by atoms with Crippen molar-refractivity contribution in [3.05, 3.63) is 63.6 Å². The molecular formula is C18H21BrN2O2. The number of methoxy groups -OCH3 is 1. The zero-order valence-electron chi connectivity index (χ0n) is 13.8. The average Bonchev–Trinajstić information content (AvgIpc) is 2.57. The summed E-state index contributed by atoms with van der Waals surface area (Å²) >= 11 is 3.40. The smallest absolute Gasteiger partial charge is 0.271 e. The van der Waals surface area contributed by atoms with Crippen LogP contribution >= 0.6 is 15.9 Å². The number of halogens is 1.